The summed E-state index contributed by atoms with van der Waals surface area (Å²) in [5, 5.41) is 3.17. The first-order valence-corrected chi connectivity index (χ1v) is 9.64. The van der Waals surface area contributed by atoms with Crippen LogP contribution in [-0.2, 0) is 9.59 Å². The Labute approximate surface area is 169 Å². The number of benzene rings is 2. The summed E-state index contributed by atoms with van der Waals surface area (Å²) in [5.41, 5.74) is 1.21. The summed E-state index contributed by atoms with van der Waals surface area (Å²) in [4.78, 5) is 26.7. The molecule has 1 N–H and O–H groups in total. The van der Waals surface area contributed by atoms with E-state index in [-0.39, 0.29) is 18.2 Å². The van der Waals surface area contributed by atoms with Crippen molar-refractivity contribution in [2.24, 2.45) is 5.92 Å². The van der Waals surface area contributed by atoms with Gasteiger partial charge in [0.1, 0.15) is 13.2 Å². The van der Waals surface area contributed by atoms with Crippen molar-refractivity contribution in [3.8, 4) is 11.5 Å². The molecule has 2 amide bonds. The molecule has 2 aromatic carbocycles. The summed E-state index contributed by atoms with van der Waals surface area (Å²) in [5.74, 6) is 0.307. The van der Waals surface area contributed by atoms with Gasteiger partial charge in [-0.2, -0.15) is 0 Å². The number of halogens is 2. The van der Waals surface area contributed by atoms with Crippen LogP contribution >= 0.6 is 27.5 Å². The second kappa shape index (κ2) is 7.40. The normalized spacial score (nSPS) is 18.5. The monoisotopic (exact) mass is 450 g/mol. The Morgan fingerprint density at radius 2 is 1.93 bits per heavy atom. The fourth-order valence-electron chi connectivity index (χ4n) is 3.17. The molecule has 0 aromatic heterocycles. The Bertz CT molecular complexity index is 921. The number of carbonyl (C=O) groups is 2. The lowest BCUT2D eigenvalue weighted by molar-refractivity contribution is -0.122. The summed E-state index contributed by atoms with van der Waals surface area (Å²) in [7, 11) is 0. The topological polar surface area (TPSA) is 67.9 Å². The molecule has 2 aliphatic heterocycles. The van der Waals surface area contributed by atoms with Gasteiger partial charge >= 0.3 is 0 Å². The molecule has 0 bridgehead atoms. The van der Waals surface area contributed by atoms with Crippen LogP contribution in [0, 0.1) is 5.92 Å². The maximum atomic E-state index is 12.7. The summed E-state index contributed by atoms with van der Waals surface area (Å²) in [6.45, 7) is 1.23. The average Bonchev–Trinajstić information content (AvgIpc) is 3.04. The lowest BCUT2D eigenvalue weighted by atomic mass is 10.1. The minimum absolute atomic E-state index is 0.0819. The number of hydrogen-bond donors (Lipinski definition) is 1. The van der Waals surface area contributed by atoms with E-state index < -0.39 is 5.92 Å². The third-order valence-corrected chi connectivity index (χ3v) is 5.31. The quantitative estimate of drug-likeness (QED) is 0.769. The highest BCUT2D eigenvalue weighted by molar-refractivity contribution is 9.10. The van der Waals surface area contributed by atoms with Gasteiger partial charge in [0.2, 0.25) is 11.8 Å². The van der Waals surface area contributed by atoms with Crippen LogP contribution in [-0.4, -0.2) is 31.6 Å². The number of carbonyl (C=O) groups excluding carboxylic acids is 2. The number of hydrogen-bond acceptors (Lipinski definition) is 4. The van der Waals surface area contributed by atoms with E-state index in [9.17, 15) is 9.59 Å². The number of fused-ring (bicyclic) bond motifs is 1. The Kier molecular flexibility index (Phi) is 4.97. The molecule has 1 atom stereocenters. The van der Waals surface area contributed by atoms with Crippen molar-refractivity contribution < 1.29 is 19.1 Å². The first kappa shape index (κ1) is 18.1. The zero-order valence-corrected chi connectivity index (χ0v) is 16.5. The molecule has 0 spiro atoms. The van der Waals surface area contributed by atoms with Crippen molar-refractivity contribution in [3.63, 3.8) is 0 Å². The van der Waals surface area contributed by atoms with Crippen LogP contribution in [0.4, 0.5) is 11.4 Å². The lowest BCUT2D eigenvalue weighted by Gasteiger charge is -2.20. The molecular formula is C19H16BrClN2O4. The van der Waals surface area contributed by atoms with E-state index in [1.807, 2.05) is 24.3 Å². The number of ether oxygens (including phenoxy) is 2. The molecule has 6 nitrogen and oxygen atoms in total. The molecule has 2 aliphatic rings. The maximum absolute atomic E-state index is 12.7. The van der Waals surface area contributed by atoms with Crippen LogP contribution in [0.3, 0.4) is 0 Å². The number of nitrogens with zero attached hydrogens (tertiary/aromatic N) is 1. The lowest BCUT2D eigenvalue weighted by Crippen LogP contribution is -2.28. The summed E-state index contributed by atoms with van der Waals surface area (Å²) < 4.78 is 11.9. The Balaban J connectivity index is 1.49. The van der Waals surface area contributed by atoms with Gasteiger partial charge in [-0.1, -0.05) is 33.6 Å². The number of rotatable bonds is 3. The second-order valence-corrected chi connectivity index (χ2v) is 7.67. The van der Waals surface area contributed by atoms with Crippen molar-refractivity contribution in [2.45, 2.75) is 6.42 Å². The van der Waals surface area contributed by atoms with Crippen LogP contribution in [0.2, 0.25) is 5.02 Å². The highest BCUT2D eigenvalue weighted by Gasteiger charge is 2.35. The maximum Gasteiger partial charge on any atom is 0.229 e. The fraction of sp³-hybridized carbons (Fsp3) is 0.263. The molecule has 2 aromatic rings. The van der Waals surface area contributed by atoms with E-state index in [2.05, 4.69) is 21.2 Å². The standard InChI is InChI=1S/C19H16BrClN2O4/c20-12-2-1-3-13(7-12)23-10-11(6-18(23)24)19(25)22-15-9-17-16(8-14(15)21)26-4-5-27-17/h1-3,7-9,11H,4-6,10H2,(H,22,25). The van der Waals surface area contributed by atoms with Crippen molar-refractivity contribution in [1.82, 2.24) is 0 Å². The molecule has 1 fully saturated rings. The fourth-order valence-corrected chi connectivity index (χ4v) is 3.76. The van der Waals surface area contributed by atoms with E-state index in [0.717, 1.165) is 10.2 Å². The number of nitrogens with one attached hydrogen (secondary N) is 1. The van der Waals surface area contributed by atoms with Crippen LogP contribution in [0.1, 0.15) is 6.42 Å². The summed E-state index contributed by atoms with van der Waals surface area (Å²) in [6.07, 6.45) is 0.153. The van der Waals surface area contributed by atoms with Gasteiger partial charge in [-0.25, -0.2) is 0 Å². The van der Waals surface area contributed by atoms with E-state index >= 15 is 0 Å². The van der Waals surface area contributed by atoms with Crippen molar-refractivity contribution in [3.05, 3.63) is 45.9 Å². The Morgan fingerprint density at radius 1 is 1.19 bits per heavy atom. The van der Waals surface area contributed by atoms with Gasteiger partial charge in [0.25, 0.3) is 0 Å². The average molecular weight is 452 g/mol. The first-order valence-electron chi connectivity index (χ1n) is 8.47. The molecule has 4 rings (SSSR count). The minimum Gasteiger partial charge on any atom is -0.486 e. The predicted octanol–water partition coefficient (Wildman–Crippen LogP) is 3.87. The molecule has 2 heterocycles. The van der Waals surface area contributed by atoms with Crippen LogP contribution in [0.15, 0.2) is 40.9 Å². The molecule has 140 valence electrons. The Hall–Kier alpha value is -2.25. The van der Waals surface area contributed by atoms with Gasteiger partial charge in [0, 0.05) is 35.3 Å². The molecule has 1 saturated heterocycles. The molecule has 27 heavy (non-hydrogen) atoms. The summed E-state index contributed by atoms with van der Waals surface area (Å²) in [6, 6.07) is 10.7. The van der Waals surface area contributed by atoms with E-state index in [1.165, 1.54) is 0 Å². The molecule has 0 aliphatic carbocycles. The van der Waals surface area contributed by atoms with Crippen LogP contribution in [0.25, 0.3) is 0 Å². The highest BCUT2D eigenvalue weighted by atomic mass is 79.9. The van der Waals surface area contributed by atoms with E-state index in [1.54, 1.807) is 17.0 Å². The number of amides is 2. The highest BCUT2D eigenvalue weighted by Crippen LogP contribution is 2.38. The van der Waals surface area contributed by atoms with Gasteiger partial charge in [0.15, 0.2) is 11.5 Å². The smallest absolute Gasteiger partial charge is 0.229 e. The first-order chi connectivity index (χ1) is 13.0. The van der Waals surface area contributed by atoms with E-state index in [0.29, 0.717) is 42.0 Å². The largest absolute Gasteiger partial charge is 0.486 e. The van der Waals surface area contributed by atoms with Gasteiger partial charge in [-0.05, 0) is 18.2 Å². The zero-order valence-electron chi connectivity index (χ0n) is 14.2. The molecule has 1 unspecified atom stereocenters. The molecule has 0 saturated carbocycles. The predicted molar refractivity (Wildman–Crippen MR) is 106 cm³/mol. The third-order valence-electron chi connectivity index (χ3n) is 4.51. The Morgan fingerprint density at radius 3 is 2.67 bits per heavy atom. The minimum atomic E-state index is -0.458. The zero-order chi connectivity index (χ0) is 19.0. The third kappa shape index (κ3) is 3.75. The van der Waals surface area contributed by atoms with Gasteiger partial charge < -0.3 is 19.7 Å². The molecule has 0 radical (unpaired) electrons. The SMILES string of the molecule is O=C(Nc1cc2c(cc1Cl)OCCO2)C1CC(=O)N(c2cccc(Br)c2)C1. The number of anilines is 2. The summed E-state index contributed by atoms with van der Waals surface area (Å²) >= 11 is 9.65. The van der Waals surface area contributed by atoms with Crippen LogP contribution in [0.5, 0.6) is 11.5 Å². The van der Waals surface area contributed by atoms with Crippen molar-refractivity contribution >= 4 is 50.7 Å². The van der Waals surface area contributed by atoms with E-state index in [4.69, 9.17) is 21.1 Å². The van der Waals surface area contributed by atoms with Gasteiger partial charge in [-0.3, -0.25) is 9.59 Å². The van der Waals surface area contributed by atoms with Crippen molar-refractivity contribution in [2.75, 3.05) is 30.0 Å². The molecular weight excluding hydrogens is 436 g/mol. The molecule has 8 heteroatoms. The van der Waals surface area contributed by atoms with Crippen molar-refractivity contribution in [1.29, 1.82) is 0 Å². The second-order valence-electron chi connectivity index (χ2n) is 6.35. The van der Waals surface area contributed by atoms with Gasteiger partial charge in [0.05, 0.1) is 16.6 Å². The van der Waals surface area contributed by atoms with Gasteiger partial charge in [-0.15, -0.1) is 0 Å². The van der Waals surface area contributed by atoms with Crippen LogP contribution < -0.4 is 19.7 Å².